The molecule has 1 aromatic heterocycles. The fraction of sp³-hybridized carbons (Fsp3) is 0.273. The molecule has 0 aliphatic carbocycles. The molecule has 1 amide bonds. The van der Waals surface area contributed by atoms with Gasteiger partial charge in [0.15, 0.2) is 0 Å². The number of hydrogen-bond acceptors (Lipinski definition) is 3. The van der Waals surface area contributed by atoms with Crippen molar-refractivity contribution in [2.45, 2.75) is 39.7 Å². The van der Waals surface area contributed by atoms with E-state index in [2.05, 4.69) is 50.2 Å². The van der Waals surface area contributed by atoms with E-state index in [1.165, 1.54) is 11.1 Å². The Bertz CT molecular complexity index is 959. The molecular formula is C22H22N2OS. The molecule has 0 saturated heterocycles. The largest absolute Gasteiger partial charge is 0.309 e. The molecule has 3 nitrogen and oxygen atoms in total. The zero-order valence-corrected chi connectivity index (χ0v) is 16.1. The molecule has 0 radical (unpaired) electrons. The van der Waals surface area contributed by atoms with Crippen molar-refractivity contribution in [2.75, 3.05) is 4.90 Å². The zero-order chi connectivity index (χ0) is 18.3. The van der Waals surface area contributed by atoms with Gasteiger partial charge in [-0.25, -0.2) is 4.98 Å². The number of rotatable bonds is 3. The average Bonchev–Trinajstić information content (AvgIpc) is 3.14. The molecule has 0 spiro atoms. The Balaban J connectivity index is 1.64. The smallest absolute Gasteiger partial charge is 0.232 e. The summed E-state index contributed by atoms with van der Waals surface area (Å²) in [6.07, 6.45) is 1.32. The highest BCUT2D eigenvalue weighted by molar-refractivity contribution is 7.12. The zero-order valence-electron chi connectivity index (χ0n) is 15.3. The van der Waals surface area contributed by atoms with Crippen LogP contribution in [0.5, 0.6) is 0 Å². The highest BCUT2D eigenvalue weighted by atomic mass is 32.1. The van der Waals surface area contributed by atoms with Crippen LogP contribution < -0.4 is 4.90 Å². The number of aryl methyl sites for hydroxylation is 2. The second kappa shape index (κ2) is 6.69. The Kier molecular flexibility index (Phi) is 4.37. The molecule has 3 aromatic rings. The summed E-state index contributed by atoms with van der Waals surface area (Å²) in [6.45, 7) is 6.20. The van der Waals surface area contributed by atoms with Crippen LogP contribution in [-0.4, -0.2) is 16.9 Å². The van der Waals surface area contributed by atoms with Crippen molar-refractivity contribution in [2.24, 2.45) is 0 Å². The molecule has 2 aromatic carbocycles. The first-order valence-corrected chi connectivity index (χ1v) is 9.78. The second-order valence-electron chi connectivity index (χ2n) is 6.99. The summed E-state index contributed by atoms with van der Waals surface area (Å²) in [5, 5.41) is 0.998. The lowest BCUT2D eigenvalue weighted by Crippen LogP contribution is -2.36. The predicted octanol–water partition coefficient (Wildman–Crippen LogP) is 4.95. The van der Waals surface area contributed by atoms with Crippen LogP contribution in [0.1, 0.15) is 27.9 Å². The van der Waals surface area contributed by atoms with Gasteiger partial charge in [0.1, 0.15) is 0 Å². The maximum atomic E-state index is 13.1. The van der Waals surface area contributed by atoms with Gasteiger partial charge in [-0.3, -0.25) is 4.79 Å². The van der Waals surface area contributed by atoms with E-state index in [0.717, 1.165) is 33.3 Å². The summed E-state index contributed by atoms with van der Waals surface area (Å²) in [6, 6.07) is 16.8. The number of amides is 1. The second-order valence-corrected chi connectivity index (χ2v) is 8.28. The summed E-state index contributed by atoms with van der Waals surface area (Å²) >= 11 is 1.62. The lowest BCUT2D eigenvalue weighted by molar-refractivity contribution is -0.118. The maximum absolute atomic E-state index is 13.1. The third kappa shape index (κ3) is 3.06. The Morgan fingerprint density at radius 3 is 2.65 bits per heavy atom. The van der Waals surface area contributed by atoms with Crippen LogP contribution in [0.25, 0.3) is 11.3 Å². The molecule has 26 heavy (non-hydrogen) atoms. The summed E-state index contributed by atoms with van der Waals surface area (Å²) in [5.74, 6) is 0.152. The SMILES string of the molecule is Cc1ccc(-c2nc(C)sc2CC(=O)N2c3ccccc3CC2C)cc1. The van der Waals surface area contributed by atoms with E-state index in [1.807, 2.05) is 24.0 Å². The summed E-state index contributed by atoms with van der Waals surface area (Å²) in [4.78, 5) is 20.9. The Morgan fingerprint density at radius 2 is 1.88 bits per heavy atom. The molecule has 1 aliphatic heterocycles. The Labute approximate surface area is 158 Å². The number of carbonyl (C=O) groups is 1. The van der Waals surface area contributed by atoms with E-state index in [4.69, 9.17) is 4.98 Å². The normalized spacial score (nSPS) is 16.0. The van der Waals surface area contributed by atoms with Gasteiger partial charge < -0.3 is 4.90 Å². The third-order valence-corrected chi connectivity index (χ3v) is 5.89. The molecule has 1 atom stereocenters. The molecule has 132 valence electrons. The topological polar surface area (TPSA) is 33.2 Å². The lowest BCUT2D eigenvalue weighted by Gasteiger charge is -2.22. The number of benzene rings is 2. The standard InChI is InChI=1S/C22H22N2OS/c1-14-8-10-17(11-9-14)22-20(26-16(3)23-22)13-21(25)24-15(2)12-18-6-4-5-7-19(18)24/h4-11,15H,12-13H2,1-3H3. The molecule has 4 heteroatoms. The van der Waals surface area contributed by atoms with Crippen LogP contribution in [0.2, 0.25) is 0 Å². The molecule has 0 N–H and O–H groups in total. The average molecular weight is 362 g/mol. The van der Waals surface area contributed by atoms with E-state index in [0.29, 0.717) is 6.42 Å². The number of para-hydroxylation sites is 1. The van der Waals surface area contributed by atoms with Crippen LogP contribution in [0.15, 0.2) is 48.5 Å². The van der Waals surface area contributed by atoms with Gasteiger partial charge in [0.25, 0.3) is 0 Å². The highest BCUT2D eigenvalue weighted by Gasteiger charge is 2.31. The number of hydrogen-bond donors (Lipinski definition) is 0. The fourth-order valence-corrected chi connectivity index (χ4v) is 4.64. The third-order valence-electron chi connectivity index (χ3n) is 4.92. The summed E-state index contributed by atoms with van der Waals surface area (Å²) in [5.41, 5.74) is 5.56. The van der Waals surface area contributed by atoms with E-state index in [-0.39, 0.29) is 11.9 Å². The Morgan fingerprint density at radius 1 is 1.15 bits per heavy atom. The Hall–Kier alpha value is -2.46. The molecule has 0 saturated carbocycles. The van der Waals surface area contributed by atoms with Crippen molar-refractivity contribution >= 4 is 22.9 Å². The van der Waals surface area contributed by atoms with Crippen molar-refractivity contribution in [3.8, 4) is 11.3 Å². The number of nitrogens with zero attached hydrogens (tertiary/aromatic N) is 2. The van der Waals surface area contributed by atoms with E-state index < -0.39 is 0 Å². The van der Waals surface area contributed by atoms with Crippen molar-refractivity contribution in [1.82, 2.24) is 4.98 Å². The monoisotopic (exact) mass is 362 g/mol. The van der Waals surface area contributed by atoms with Crippen LogP contribution >= 0.6 is 11.3 Å². The van der Waals surface area contributed by atoms with Gasteiger partial charge in [0.05, 0.1) is 17.1 Å². The van der Waals surface area contributed by atoms with E-state index in [9.17, 15) is 4.79 Å². The van der Waals surface area contributed by atoms with Gasteiger partial charge in [-0.2, -0.15) is 0 Å². The van der Waals surface area contributed by atoms with Gasteiger partial charge in [0.2, 0.25) is 5.91 Å². The molecule has 1 unspecified atom stereocenters. The minimum atomic E-state index is 0.152. The number of aromatic nitrogens is 1. The van der Waals surface area contributed by atoms with Gasteiger partial charge in [-0.15, -0.1) is 11.3 Å². The molecular weight excluding hydrogens is 340 g/mol. The molecule has 0 fully saturated rings. The molecule has 1 aliphatic rings. The van der Waals surface area contributed by atoms with Crippen molar-refractivity contribution in [1.29, 1.82) is 0 Å². The number of thiazole rings is 1. The minimum absolute atomic E-state index is 0.152. The molecule has 4 rings (SSSR count). The van der Waals surface area contributed by atoms with Gasteiger partial charge in [-0.05, 0) is 38.8 Å². The first kappa shape index (κ1) is 17.0. The maximum Gasteiger partial charge on any atom is 0.232 e. The number of anilines is 1. The quantitative estimate of drug-likeness (QED) is 0.661. The van der Waals surface area contributed by atoms with Crippen molar-refractivity contribution in [3.63, 3.8) is 0 Å². The molecule has 0 bridgehead atoms. The van der Waals surface area contributed by atoms with Gasteiger partial charge >= 0.3 is 0 Å². The fourth-order valence-electron chi connectivity index (χ4n) is 3.69. The van der Waals surface area contributed by atoms with Crippen molar-refractivity contribution < 1.29 is 4.79 Å². The van der Waals surface area contributed by atoms with Crippen LogP contribution in [0, 0.1) is 13.8 Å². The molecule has 2 heterocycles. The minimum Gasteiger partial charge on any atom is -0.309 e. The summed E-state index contributed by atoms with van der Waals surface area (Å²) < 4.78 is 0. The number of fused-ring (bicyclic) bond motifs is 1. The van der Waals surface area contributed by atoms with Gasteiger partial charge in [-0.1, -0.05) is 48.0 Å². The number of carbonyl (C=O) groups excluding carboxylic acids is 1. The van der Waals surface area contributed by atoms with E-state index >= 15 is 0 Å². The first-order valence-electron chi connectivity index (χ1n) is 8.96. The first-order chi connectivity index (χ1) is 12.5. The van der Waals surface area contributed by atoms with Crippen LogP contribution in [0.4, 0.5) is 5.69 Å². The van der Waals surface area contributed by atoms with Crippen LogP contribution in [-0.2, 0) is 17.6 Å². The summed E-state index contributed by atoms with van der Waals surface area (Å²) in [7, 11) is 0. The highest BCUT2D eigenvalue weighted by Crippen LogP contribution is 2.34. The van der Waals surface area contributed by atoms with Crippen molar-refractivity contribution in [3.05, 3.63) is 69.5 Å². The van der Waals surface area contributed by atoms with E-state index in [1.54, 1.807) is 11.3 Å². The van der Waals surface area contributed by atoms with Crippen LogP contribution in [0.3, 0.4) is 0 Å². The lowest BCUT2D eigenvalue weighted by atomic mass is 10.1. The predicted molar refractivity (Wildman–Crippen MR) is 108 cm³/mol. The van der Waals surface area contributed by atoms with Gasteiger partial charge in [0, 0.05) is 22.2 Å².